The molecule has 1 aliphatic heterocycles. The molecule has 2 amide bonds. The molecule has 1 fully saturated rings. The smallest absolute Gasteiger partial charge is 0.264 e. The van der Waals surface area contributed by atoms with Gasteiger partial charge in [0.25, 0.3) is 5.91 Å². The van der Waals surface area contributed by atoms with Crippen molar-refractivity contribution in [3.05, 3.63) is 87.9 Å². The first kappa shape index (κ1) is 23.6. The van der Waals surface area contributed by atoms with E-state index in [0.717, 1.165) is 11.1 Å². The van der Waals surface area contributed by atoms with E-state index in [4.69, 9.17) is 11.6 Å². The van der Waals surface area contributed by atoms with E-state index in [1.165, 1.54) is 22.7 Å². The minimum absolute atomic E-state index is 0.0863. The molecule has 1 unspecified atom stereocenters. The van der Waals surface area contributed by atoms with Crippen LogP contribution in [0.1, 0.15) is 30.9 Å². The van der Waals surface area contributed by atoms with E-state index in [2.05, 4.69) is 25.7 Å². The summed E-state index contributed by atoms with van der Waals surface area (Å²) in [5.74, 6) is -0.347. The molecule has 2 aromatic carbocycles. The van der Waals surface area contributed by atoms with Gasteiger partial charge in [0, 0.05) is 17.3 Å². The Balaban J connectivity index is 2.02. The van der Waals surface area contributed by atoms with Crippen LogP contribution in [-0.4, -0.2) is 23.6 Å². The third-order valence-electron chi connectivity index (χ3n) is 5.06. The highest BCUT2D eigenvalue weighted by molar-refractivity contribution is 8.05. The lowest BCUT2D eigenvalue weighted by Gasteiger charge is -2.19. The molecule has 32 heavy (non-hydrogen) atoms. The van der Waals surface area contributed by atoms with Crippen molar-refractivity contribution < 1.29 is 9.59 Å². The van der Waals surface area contributed by atoms with Crippen molar-refractivity contribution in [2.45, 2.75) is 31.4 Å². The van der Waals surface area contributed by atoms with E-state index >= 15 is 0 Å². The van der Waals surface area contributed by atoms with Gasteiger partial charge in [-0.2, -0.15) is 5.26 Å². The van der Waals surface area contributed by atoms with Gasteiger partial charge in [0.2, 0.25) is 5.91 Å². The summed E-state index contributed by atoms with van der Waals surface area (Å²) < 4.78 is 0. The summed E-state index contributed by atoms with van der Waals surface area (Å²) in [6, 6.07) is 17.0. The largest absolute Gasteiger partial charge is 0.348 e. The van der Waals surface area contributed by atoms with Gasteiger partial charge in [0.15, 0.2) is 0 Å². The molecule has 0 aromatic heterocycles. The van der Waals surface area contributed by atoms with Crippen LogP contribution in [0.15, 0.2) is 71.8 Å². The molecule has 1 heterocycles. The standard InChI is InChI=1S/C25H24ClN3O2S/c1-4-13-28-23(30)21(15-27)25-29(20-11-7-18(8-12-20)16(2)3)24(31)22(32-25)14-17-5-9-19(26)10-6-17/h4-12,16,22H,1,13-14H2,2-3H3,(H,28,30)/b25-21-. The van der Waals surface area contributed by atoms with Crippen LogP contribution in [0.25, 0.3) is 0 Å². The van der Waals surface area contributed by atoms with E-state index in [1.54, 1.807) is 12.1 Å². The average molecular weight is 466 g/mol. The molecule has 1 saturated heterocycles. The molecule has 0 saturated carbocycles. The SMILES string of the molecule is C=CCNC(=O)/C(C#N)=C1\SC(Cc2ccc(Cl)cc2)C(=O)N1c1ccc(C(C)C)cc1. The van der Waals surface area contributed by atoms with Crippen molar-refractivity contribution >= 4 is 40.9 Å². The third kappa shape index (κ3) is 5.24. The summed E-state index contributed by atoms with van der Waals surface area (Å²) in [5.41, 5.74) is 2.63. The van der Waals surface area contributed by atoms with Crippen molar-refractivity contribution in [3.8, 4) is 6.07 Å². The molecule has 2 aromatic rings. The Morgan fingerprint density at radius 1 is 1.25 bits per heavy atom. The number of nitrogens with zero attached hydrogens (tertiary/aromatic N) is 2. The molecule has 3 rings (SSSR count). The van der Waals surface area contributed by atoms with Crippen molar-refractivity contribution in [2.24, 2.45) is 0 Å². The highest BCUT2D eigenvalue weighted by Crippen LogP contribution is 2.42. The Bertz CT molecular complexity index is 1090. The number of benzene rings is 2. The van der Waals surface area contributed by atoms with Crippen LogP contribution in [0, 0.1) is 11.3 Å². The van der Waals surface area contributed by atoms with E-state index < -0.39 is 11.2 Å². The number of halogens is 1. The van der Waals surface area contributed by atoms with E-state index in [0.29, 0.717) is 28.1 Å². The van der Waals surface area contributed by atoms with E-state index in [9.17, 15) is 14.9 Å². The average Bonchev–Trinajstić information content (AvgIpc) is 3.10. The van der Waals surface area contributed by atoms with Gasteiger partial charge in [-0.05, 0) is 47.7 Å². The monoisotopic (exact) mass is 465 g/mol. The highest BCUT2D eigenvalue weighted by atomic mass is 35.5. The normalized spacial score (nSPS) is 17.3. The summed E-state index contributed by atoms with van der Waals surface area (Å²) in [6.07, 6.45) is 1.99. The van der Waals surface area contributed by atoms with Gasteiger partial charge in [-0.15, -0.1) is 6.58 Å². The number of rotatable bonds is 7. The second kappa shape index (κ2) is 10.5. The van der Waals surface area contributed by atoms with Crippen molar-refractivity contribution in [3.63, 3.8) is 0 Å². The maximum absolute atomic E-state index is 13.5. The second-order valence-electron chi connectivity index (χ2n) is 7.65. The van der Waals surface area contributed by atoms with Crippen LogP contribution < -0.4 is 10.2 Å². The summed E-state index contributed by atoms with van der Waals surface area (Å²) in [5, 5.41) is 12.9. The molecule has 0 spiro atoms. The maximum Gasteiger partial charge on any atom is 0.264 e. The number of hydrogen-bond acceptors (Lipinski definition) is 4. The predicted octanol–water partition coefficient (Wildman–Crippen LogP) is 5.19. The third-order valence-corrected chi connectivity index (χ3v) is 6.58. The zero-order valence-corrected chi connectivity index (χ0v) is 19.5. The Labute approximate surface area is 197 Å². The molecule has 1 N–H and O–H groups in total. The molecule has 5 nitrogen and oxygen atoms in total. The Morgan fingerprint density at radius 3 is 2.47 bits per heavy atom. The van der Waals surface area contributed by atoms with Gasteiger partial charge in [0.1, 0.15) is 16.7 Å². The topological polar surface area (TPSA) is 73.2 Å². The minimum Gasteiger partial charge on any atom is -0.348 e. The molecule has 0 radical (unpaired) electrons. The molecule has 0 aliphatic carbocycles. The zero-order chi connectivity index (χ0) is 23.3. The lowest BCUT2D eigenvalue weighted by Crippen LogP contribution is -2.32. The minimum atomic E-state index is -0.529. The van der Waals surface area contributed by atoms with Crippen molar-refractivity contribution in [1.82, 2.24) is 5.32 Å². The van der Waals surface area contributed by atoms with Gasteiger partial charge >= 0.3 is 0 Å². The van der Waals surface area contributed by atoms with Crippen molar-refractivity contribution in [1.29, 1.82) is 5.26 Å². The van der Waals surface area contributed by atoms with Gasteiger partial charge in [-0.3, -0.25) is 14.5 Å². The fourth-order valence-electron chi connectivity index (χ4n) is 3.32. The lowest BCUT2D eigenvalue weighted by atomic mass is 10.0. The van der Waals surface area contributed by atoms with E-state index in [1.807, 2.05) is 42.5 Å². The fraction of sp³-hybridized carbons (Fsp3) is 0.240. The summed E-state index contributed by atoms with van der Waals surface area (Å²) in [7, 11) is 0. The summed E-state index contributed by atoms with van der Waals surface area (Å²) in [6.45, 7) is 8.00. The number of carbonyl (C=O) groups excluding carboxylic acids is 2. The van der Waals surface area contributed by atoms with Gasteiger partial charge in [-0.25, -0.2) is 0 Å². The summed E-state index contributed by atoms with van der Waals surface area (Å²) >= 11 is 7.22. The predicted molar refractivity (Wildman–Crippen MR) is 130 cm³/mol. The highest BCUT2D eigenvalue weighted by Gasteiger charge is 2.40. The number of amides is 2. The van der Waals surface area contributed by atoms with Crippen molar-refractivity contribution in [2.75, 3.05) is 11.4 Å². The second-order valence-corrected chi connectivity index (χ2v) is 9.28. The molecule has 164 valence electrons. The lowest BCUT2D eigenvalue weighted by molar-refractivity contribution is -0.117. The summed E-state index contributed by atoms with van der Waals surface area (Å²) in [4.78, 5) is 27.6. The first-order chi connectivity index (χ1) is 15.3. The number of nitrogens with one attached hydrogen (secondary N) is 1. The Hall–Kier alpha value is -3.01. The van der Waals surface area contributed by atoms with E-state index in [-0.39, 0.29) is 18.0 Å². The number of anilines is 1. The number of hydrogen-bond donors (Lipinski definition) is 1. The van der Waals surface area contributed by atoms with Crippen LogP contribution in [0.2, 0.25) is 5.02 Å². The van der Waals surface area contributed by atoms with Crippen LogP contribution in [0.4, 0.5) is 5.69 Å². The van der Waals surface area contributed by atoms with Crippen LogP contribution in [0.5, 0.6) is 0 Å². The first-order valence-electron chi connectivity index (χ1n) is 10.2. The van der Waals surface area contributed by atoms with Gasteiger partial charge in [0.05, 0.1) is 5.25 Å². The molecule has 1 aliphatic rings. The van der Waals surface area contributed by atoms with Crippen LogP contribution in [-0.2, 0) is 16.0 Å². The quantitative estimate of drug-likeness (QED) is 0.347. The molecular formula is C25H24ClN3O2S. The van der Waals surface area contributed by atoms with Gasteiger partial charge in [-0.1, -0.05) is 67.6 Å². The Kier molecular flexibility index (Phi) is 7.79. The number of thioether (sulfide) groups is 1. The van der Waals surface area contributed by atoms with Crippen LogP contribution in [0.3, 0.4) is 0 Å². The molecule has 7 heteroatoms. The Morgan fingerprint density at radius 2 is 1.91 bits per heavy atom. The first-order valence-corrected chi connectivity index (χ1v) is 11.5. The number of nitriles is 1. The zero-order valence-electron chi connectivity index (χ0n) is 18.0. The van der Waals surface area contributed by atoms with Crippen LogP contribution >= 0.6 is 23.4 Å². The number of carbonyl (C=O) groups is 2. The fourth-order valence-corrected chi connectivity index (χ4v) is 4.75. The molecule has 0 bridgehead atoms. The molecule has 1 atom stereocenters. The maximum atomic E-state index is 13.5. The van der Waals surface area contributed by atoms with Gasteiger partial charge < -0.3 is 5.32 Å². The molecular weight excluding hydrogens is 442 g/mol.